The number of ether oxygens (including phenoxy) is 2. The quantitative estimate of drug-likeness (QED) is 0.780. The molecule has 0 radical (unpaired) electrons. The number of nitrogens with one attached hydrogen (secondary N) is 1. The Morgan fingerprint density at radius 3 is 2.72 bits per heavy atom. The van der Waals surface area contributed by atoms with Crippen LogP contribution in [0.25, 0.3) is 0 Å². The Balaban J connectivity index is 2.78. The van der Waals surface area contributed by atoms with E-state index < -0.39 is 0 Å². The minimum atomic E-state index is -0.195. The van der Waals surface area contributed by atoms with Crippen LogP contribution in [-0.4, -0.2) is 30.8 Å². The Kier molecular flexibility index (Phi) is 5.22. The van der Waals surface area contributed by atoms with Gasteiger partial charge in [-0.05, 0) is 32.4 Å². The molecule has 0 saturated carbocycles. The minimum absolute atomic E-state index is 0.195. The zero-order chi connectivity index (χ0) is 13.6. The maximum Gasteiger partial charge on any atom is 0.239 e. The predicted molar refractivity (Wildman–Crippen MR) is 74.0 cm³/mol. The Morgan fingerprint density at radius 1 is 1.39 bits per heavy atom. The van der Waals surface area contributed by atoms with E-state index >= 15 is 0 Å². The van der Waals surface area contributed by atoms with Crippen molar-refractivity contribution < 1.29 is 9.47 Å². The Labute approximate surface area is 109 Å². The van der Waals surface area contributed by atoms with Gasteiger partial charge in [-0.2, -0.15) is 4.98 Å². The van der Waals surface area contributed by atoms with Crippen molar-refractivity contribution in [1.29, 1.82) is 0 Å². The van der Waals surface area contributed by atoms with Crippen LogP contribution in [-0.2, 0) is 4.74 Å². The summed E-state index contributed by atoms with van der Waals surface area (Å²) < 4.78 is 10.6. The van der Waals surface area contributed by atoms with E-state index in [0.717, 1.165) is 12.2 Å². The van der Waals surface area contributed by atoms with Gasteiger partial charge in [0.15, 0.2) is 0 Å². The van der Waals surface area contributed by atoms with Gasteiger partial charge >= 0.3 is 0 Å². The van der Waals surface area contributed by atoms with Gasteiger partial charge in [-0.1, -0.05) is 6.92 Å². The molecule has 0 saturated heterocycles. The largest absolute Gasteiger partial charge is 0.476 e. The van der Waals surface area contributed by atoms with Crippen LogP contribution in [0.5, 0.6) is 5.88 Å². The number of methoxy groups -OCH3 is 1. The highest BCUT2D eigenvalue weighted by Crippen LogP contribution is 2.23. The number of hydrogen-bond acceptors (Lipinski definition) is 5. The van der Waals surface area contributed by atoms with Gasteiger partial charge in [0.05, 0.1) is 24.4 Å². The molecule has 5 heteroatoms. The molecule has 3 N–H and O–H groups in total. The van der Waals surface area contributed by atoms with Crippen molar-refractivity contribution in [3.05, 3.63) is 12.1 Å². The van der Waals surface area contributed by atoms with Gasteiger partial charge in [0.1, 0.15) is 5.82 Å². The lowest BCUT2D eigenvalue weighted by molar-refractivity contribution is 0.158. The van der Waals surface area contributed by atoms with Gasteiger partial charge in [-0.15, -0.1) is 0 Å². The number of nitrogens with zero attached hydrogens (tertiary/aromatic N) is 1. The predicted octanol–water partition coefficient (Wildman–Crippen LogP) is 2.29. The van der Waals surface area contributed by atoms with E-state index in [1.54, 1.807) is 13.2 Å². The second-order valence-corrected chi connectivity index (χ2v) is 4.88. The second kappa shape index (κ2) is 6.44. The monoisotopic (exact) mass is 253 g/mol. The van der Waals surface area contributed by atoms with Crippen molar-refractivity contribution in [3.63, 3.8) is 0 Å². The van der Waals surface area contributed by atoms with Gasteiger partial charge in [-0.25, -0.2) is 0 Å². The molecule has 0 unspecified atom stereocenters. The molecule has 1 heterocycles. The summed E-state index contributed by atoms with van der Waals surface area (Å²) in [7, 11) is 1.68. The number of aromatic nitrogens is 1. The Morgan fingerprint density at radius 2 is 2.11 bits per heavy atom. The van der Waals surface area contributed by atoms with Crippen molar-refractivity contribution in [3.8, 4) is 5.88 Å². The number of nitrogens with two attached hydrogens (primary N) is 1. The molecule has 0 amide bonds. The molecule has 5 nitrogen and oxygen atoms in total. The highest BCUT2D eigenvalue weighted by Gasteiger charge is 2.18. The third-order valence-electron chi connectivity index (χ3n) is 2.30. The fourth-order valence-electron chi connectivity index (χ4n) is 1.58. The summed E-state index contributed by atoms with van der Waals surface area (Å²) in [5.41, 5.74) is 6.17. The van der Waals surface area contributed by atoms with Crippen molar-refractivity contribution in [2.45, 2.75) is 32.7 Å². The maximum absolute atomic E-state index is 5.81. The van der Waals surface area contributed by atoms with Crippen LogP contribution >= 0.6 is 0 Å². The third kappa shape index (κ3) is 4.41. The molecule has 1 rings (SSSR count). The summed E-state index contributed by atoms with van der Waals surface area (Å²) in [6.45, 7) is 7.33. The van der Waals surface area contributed by atoms with E-state index in [9.17, 15) is 0 Å². The molecular formula is C13H23N3O2. The third-order valence-corrected chi connectivity index (χ3v) is 2.30. The van der Waals surface area contributed by atoms with Gasteiger partial charge in [0.2, 0.25) is 5.88 Å². The standard InChI is InChI=1S/C13H23N3O2/c1-5-8-18-12-10(14)6-7-11(15-12)16-13(2,3)9-17-4/h6-7H,5,8-9,14H2,1-4H3,(H,15,16). The molecule has 0 atom stereocenters. The first kappa shape index (κ1) is 14.6. The summed E-state index contributed by atoms with van der Waals surface area (Å²) in [5, 5.41) is 3.29. The van der Waals surface area contributed by atoms with E-state index in [1.807, 2.05) is 26.8 Å². The molecule has 18 heavy (non-hydrogen) atoms. The van der Waals surface area contributed by atoms with Gasteiger partial charge in [0.25, 0.3) is 0 Å². The van der Waals surface area contributed by atoms with Crippen LogP contribution in [0.2, 0.25) is 0 Å². The van der Waals surface area contributed by atoms with E-state index in [2.05, 4.69) is 10.3 Å². The first-order valence-corrected chi connectivity index (χ1v) is 6.15. The summed E-state index contributed by atoms with van der Waals surface area (Å²) in [6.07, 6.45) is 0.925. The molecule has 0 bridgehead atoms. The number of pyridine rings is 1. The fourth-order valence-corrected chi connectivity index (χ4v) is 1.58. The topological polar surface area (TPSA) is 69.4 Å². The number of rotatable bonds is 7. The van der Waals surface area contributed by atoms with E-state index in [0.29, 0.717) is 24.8 Å². The zero-order valence-electron chi connectivity index (χ0n) is 11.6. The lowest BCUT2D eigenvalue weighted by Crippen LogP contribution is -2.36. The van der Waals surface area contributed by atoms with Gasteiger partial charge < -0.3 is 20.5 Å². The van der Waals surface area contributed by atoms with E-state index in [4.69, 9.17) is 15.2 Å². The molecule has 1 aromatic heterocycles. The van der Waals surface area contributed by atoms with Crippen molar-refractivity contribution in [2.75, 3.05) is 31.4 Å². The number of hydrogen-bond donors (Lipinski definition) is 2. The van der Waals surface area contributed by atoms with Crippen LogP contribution in [0.1, 0.15) is 27.2 Å². The molecular weight excluding hydrogens is 230 g/mol. The lowest BCUT2D eigenvalue weighted by Gasteiger charge is -2.26. The highest BCUT2D eigenvalue weighted by molar-refractivity contribution is 5.54. The molecule has 0 aliphatic carbocycles. The molecule has 102 valence electrons. The lowest BCUT2D eigenvalue weighted by atomic mass is 10.1. The normalized spacial score (nSPS) is 11.3. The Hall–Kier alpha value is -1.49. The van der Waals surface area contributed by atoms with Crippen molar-refractivity contribution >= 4 is 11.5 Å². The molecule has 0 aliphatic heterocycles. The molecule has 0 fully saturated rings. The van der Waals surface area contributed by atoms with E-state index in [-0.39, 0.29) is 5.54 Å². The SMILES string of the molecule is CCCOc1nc(NC(C)(C)COC)ccc1N. The maximum atomic E-state index is 5.81. The van der Waals surface area contributed by atoms with Crippen LogP contribution in [0.4, 0.5) is 11.5 Å². The highest BCUT2D eigenvalue weighted by atomic mass is 16.5. The zero-order valence-corrected chi connectivity index (χ0v) is 11.6. The number of nitrogen functional groups attached to an aromatic ring is 1. The smallest absolute Gasteiger partial charge is 0.239 e. The average Bonchev–Trinajstić information content (AvgIpc) is 2.29. The van der Waals surface area contributed by atoms with Crippen molar-refractivity contribution in [2.24, 2.45) is 0 Å². The van der Waals surface area contributed by atoms with Crippen LogP contribution in [0.3, 0.4) is 0 Å². The summed E-state index contributed by atoms with van der Waals surface area (Å²) in [5.74, 6) is 1.22. The van der Waals surface area contributed by atoms with Crippen molar-refractivity contribution in [1.82, 2.24) is 4.98 Å². The summed E-state index contributed by atoms with van der Waals surface area (Å²) >= 11 is 0. The first-order valence-electron chi connectivity index (χ1n) is 6.15. The van der Waals surface area contributed by atoms with Crippen LogP contribution in [0, 0.1) is 0 Å². The molecule has 0 spiro atoms. The molecule has 0 aromatic carbocycles. The first-order chi connectivity index (χ1) is 8.48. The van der Waals surface area contributed by atoms with E-state index in [1.165, 1.54) is 0 Å². The van der Waals surface area contributed by atoms with Crippen LogP contribution in [0.15, 0.2) is 12.1 Å². The molecule has 1 aromatic rings. The minimum Gasteiger partial charge on any atom is -0.476 e. The fraction of sp³-hybridized carbons (Fsp3) is 0.615. The van der Waals surface area contributed by atoms with Crippen LogP contribution < -0.4 is 15.8 Å². The number of anilines is 2. The molecule has 0 aliphatic rings. The van der Waals surface area contributed by atoms with Gasteiger partial charge in [0, 0.05) is 7.11 Å². The van der Waals surface area contributed by atoms with Gasteiger partial charge in [-0.3, -0.25) is 0 Å². The second-order valence-electron chi connectivity index (χ2n) is 4.88. The Bertz CT molecular complexity index is 380. The average molecular weight is 253 g/mol. The summed E-state index contributed by atoms with van der Waals surface area (Å²) in [6, 6.07) is 3.63. The summed E-state index contributed by atoms with van der Waals surface area (Å²) in [4.78, 5) is 4.36.